The van der Waals surface area contributed by atoms with Crippen molar-refractivity contribution in [2.45, 2.75) is 38.8 Å². The van der Waals surface area contributed by atoms with Crippen LogP contribution in [0.4, 0.5) is 4.79 Å². The smallest absolute Gasteiger partial charge is 0.315 e. The lowest BCUT2D eigenvalue weighted by Crippen LogP contribution is -2.45. The van der Waals surface area contributed by atoms with Gasteiger partial charge in [0.25, 0.3) is 0 Å². The molecule has 104 valence electrons. The summed E-state index contributed by atoms with van der Waals surface area (Å²) in [6, 6.07) is -0.596. The number of aliphatic carboxylic acids is 1. The van der Waals surface area contributed by atoms with E-state index in [9.17, 15) is 9.59 Å². The van der Waals surface area contributed by atoms with Crippen molar-refractivity contribution < 1.29 is 14.7 Å². The fourth-order valence-electron chi connectivity index (χ4n) is 2.29. The maximum atomic E-state index is 11.7. The summed E-state index contributed by atoms with van der Waals surface area (Å²) in [5, 5.41) is 17.2. The van der Waals surface area contributed by atoms with Gasteiger partial charge >= 0.3 is 12.0 Å². The highest BCUT2D eigenvalue weighted by molar-refractivity contribution is 7.09. The third kappa shape index (κ3) is 3.66. The number of nitrogens with zero attached hydrogens (tertiary/aromatic N) is 1. The van der Waals surface area contributed by atoms with Crippen molar-refractivity contribution in [1.29, 1.82) is 0 Å². The highest BCUT2D eigenvalue weighted by atomic mass is 32.1. The van der Waals surface area contributed by atoms with Crippen LogP contribution in [-0.2, 0) is 11.3 Å². The Bertz CT molecular complexity index is 475. The van der Waals surface area contributed by atoms with Crippen LogP contribution in [0.25, 0.3) is 0 Å². The number of aryl methyl sites for hydroxylation is 1. The molecule has 19 heavy (non-hydrogen) atoms. The van der Waals surface area contributed by atoms with Crippen LogP contribution in [0.15, 0.2) is 5.38 Å². The molecule has 2 unspecified atom stereocenters. The molecule has 0 spiro atoms. The molecule has 0 bridgehead atoms. The number of carboxylic acids is 1. The van der Waals surface area contributed by atoms with Crippen molar-refractivity contribution in [3.63, 3.8) is 0 Å². The SMILES string of the molecule is Cc1csc(CNC(=O)NC2CCCC2C(=O)O)n1. The van der Waals surface area contributed by atoms with E-state index in [0.717, 1.165) is 23.5 Å². The van der Waals surface area contributed by atoms with E-state index in [1.807, 2.05) is 12.3 Å². The maximum Gasteiger partial charge on any atom is 0.315 e. The molecule has 0 radical (unpaired) electrons. The maximum absolute atomic E-state index is 11.7. The van der Waals surface area contributed by atoms with E-state index < -0.39 is 11.9 Å². The standard InChI is InChI=1S/C12H17N3O3S/c1-7-6-19-10(14-7)5-13-12(18)15-9-4-2-3-8(9)11(16)17/h6,8-9H,2-5H2,1H3,(H,16,17)(H2,13,15,18). The minimum absolute atomic E-state index is 0.268. The lowest BCUT2D eigenvalue weighted by atomic mass is 10.0. The number of carbonyl (C=O) groups is 2. The molecule has 1 fully saturated rings. The van der Waals surface area contributed by atoms with Crippen molar-refractivity contribution >= 4 is 23.3 Å². The summed E-state index contributed by atoms with van der Waals surface area (Å²) >= 11 is 1.49. The molecule has 1 aromatic heterocycles. The highest BCUT2D eigenvalue weighted by Gasteiger charge is 2.33. The zero-order valence-corrected chi connectivity index (χ0v) is 11.5. The molecule has 2 rings (SSSR count). The second-order valence-corrected chi connectivity index (χ2v) is 5.63. The first kappa shape index (κ1) is 13.8. The average Bonchev–Trinajstić information content (AvgIpc) is 2.95. The Balaban J connectivity index is 1.79. The Kier molecular flexibility index (Phi) is 4.36. The summed E-state index contributed by atoms with van der Waals surface area (Å²) in [6.07, 6.45) is 2.19. The van der Waals surface area contributed by atoms with Gasteiger partial charge < -0.3 is 15.7 Å². The number of urea groups is 1. The van der Waals surface area contributed by atoms with E-state index >= 15 is 0 Å². The summed E-state index contributed by atoms with van der Waals surface area (Å²) in [5.74, 6) is -1.30. The third-order valence-corrected chi connectivity index (χ3v) is 4.18. The molecule has 1 heterocycles. The van der Waals surface area contributed by atoms with Crippen LogP contribution in [-0.4, -0.2) is 28.1 Å². The van der Waals surface area contributed by atoms with Gasteiger partial charge in [0.05, 0.1) is 12.5 Å². The molecule has 2 atom stereocenters. The number of hydrogen-bond donors (Lipinski definition) is 3. The lowest BCUT2D eigenvalue weighted by molar-refractivity contribution is -0.142. The monoisotopic (exact) mass is 283 g/mol. The second-order valence-electron chi connectivity index (χ2n) is 4.69. The molecule has 0 saturated heterocycles. The Morgan fingerprint density at radius 3 is 2.95 bits per heavy atom. The van der Waals surface area contributed by atoms with E-state index in [0.29, 0.717) is 13.0 Å². The highest BCUT2D eigenvalue weighted by Crippen LogP contribution is 2.25. The predicted molar refractivity (Wildman–Crippen MR) is 71.0 cm³/mol. The van der Waals surface area contributed by atoms with Crippen molar-refractivity contribution in [3.8, 4) is 0 Å². The molecular formula is C12H17N3O3S. The van der Waals surface area contributed by atoms with E-state index in [2.05, 4.69) is 15.6 Å². The van der Waals surface area contributed by atoms with Crippen LogP contribution >= 0.6 is 11.3 Å². The number of amides is 2. The fourth-order valence-corrected chi connectivity index (χ4v) is 3.00. The molecule has 1 aliphatic carbocycles. The second kappa shape index (κ2) is 6.01. The number of hydrogen-bond acceptors (Lipinski definition) is 4. The predicted octanol–water partition coefficient (Wildman–Crippen LogP) is 1.50. The topological polar surface area (TPSA) is 91.3 Å². The van der Waals surface area contributed by atoms with Gasteiger partial charge in [-0.3, -0.25) is 4.79 Å². The minimum atomic E-state index is -0.835. The Hall–Kier alpha value is -1.63. The number of aromatic nitrogens is 1. The number of carboxylic acid groups (broad SMARTS) is 1. The molecule has 7 heteroatoms. The molecule has 0 aliphatic heterocycles. The van der Waals surface area contributed by atoms with Crippen LogP contribution in [0.2, 0.25) is 0 Å². The molecule has 1 aliphatic rings. The summed E-state index contributed by atoms with van der Waals surface area (Å²) in [4.78, 5) is 26.9. The zero-order valence-electron chi connectivity index (χ0n) is 10.7. The van der Waals surface area contributed by atoms with Crippen LogP contribution in [0.1, 0.15) is 30.0 Å². The lowest BCUT2D eigenvalue weighted by Gasteiger charge is -2.17. The Morgan fingerprint density at radius 2 is 2.32 bits per heavy atom. The van der Waals surface area contributed by atoms with Crippen molar-refractivity contribution in [2.75, 3.05) is 0 Å². The number of carbonyl (C=O) groups excluding carboxylic acids is 1. The van der Waals surface area contributed by atoms with E-state index in [-0.39, 0.29) is 12.1 Å². The normalized spacial score (nSPS) is 22.2. The van der Waals surface area contributed by atoms with Crippen molar-refractivity contribution in [1.82, 2.24) is 15.6 Å². The van der Waals surface area contributed by atoms with Crippen LogP contribution in [0.3, 0.4) is 0 Å². The van der Waals surface area contributed by atoms with Gasteiger partial charge in [-0.05, 0) is 19.8 Å². The van der Waals surface area contributed by atoms with Crippen LogP contribution < -0.4 is 10.6 Å². The Morgan fingerprint density at radius 1 is 1.53 bits per heavy atom. The molecule has 1 saturated carbocycles. The van der Waals surface area contributed by atoms with Crippen molar-refractivity contribution in [3.05, 3.63) is 16.1 Å². The summed E-state index contributed by atoms with van der Waals surface area (Å²) in [6.45, 7) is 2.27. The molecular weight excluding hydrogens is 266 g/mol. The fraction of sp³-hybridized carbons (Fsp3) is 0.583. The van der Waals surface area contributed by atoms with Gasteiger partial charge in [-0.15, -0.1) is 11.3 Å². The molecule has 0 aromatic carbocycles. The summed E-state index contributed by atoms with van der Waals surface area (Å²) < 4.78 is 0. The molecule has 3 N–H and O–H groups in total. The van der Waals surface area contributed by atoms with Crippen LogP contribution in [0.5, 0.6) is 0 Å². The molecule has 2 amide bonds. The van der Waals surface area contributed by atoms with E-state index in [1.54, 1.807) is 0 Å². The number of rotatable bonds is 4. The number of thiazole rings is 1. The minimum Gasteiger partial charge on any atom is -0.481 e. The van der Waals surface area contributed by atoms with Gasteiger partial charge in [0.15, 0.2) is 0 Å². The van der Waals surface area contributed by atoms with Crippen LogP contribution in [0, 0.1) is 12.8 Å². The average molecular weight is 283 g/mol. The van der Waals surface area contributed by atoms with Gasteiger partial charge in [-0.25, -0.2) is 9.78 Å². The van der Waals surface area contributed by atoms with E-state index in [1.165, 1.54) is 11.3 Å². The quantitative estimate of drug-likeness (QED) is 0.781. The van der Waals surface area contributed by atoms with Gasteiger partial charge in [-0.2, -0.15) is 0 Å². The Labute approximate surface area is 115 Å². The first-order valence-electron chi connectivity index (χ1n) is 6.24. The zero-order chi connectivity index (χ0) is 13.8. The van der Waals surface area contributed by atoms with Gasteiger partial charge in [0, 0.05) is 17.1 Å². The van der Waals surface area contributed by atoms with E-state index in [4.69, 9.17) is 5.11 Å². The molecule has 1 aromatic rings. The van der Waals surface area contributed by atoms with Gasteiger partial charge in [-0.1, -0.05) is 6.42 Å². The third-order valence-electron chi connectivity index (χ3n) is 3.22. The number of nitrogens with one attached hydrogen (secondary N) is 2. The van der Waals surface area contributed by atoms with Crippen molar-refractivity contribution in [2.24, 2.45) is 5.92 Å². The van der Waals surface area contributed by atoms with Gasteiger partial charge in [0.1, 0.15) is 5.01 Å². The largest absolute Gasteiger partial charge is 0.481 e. The first-order chi connectivity index (χ1) is 9.06. The van der Waals surface area contributed by atoms with Gasteiger partial charge in [0.2, 0.25) is 0 Å². The summed E-state index contributed by atoms with van der Waals surface area (Å²) in [5.41, 5.74) is 0.934. The summed E-state index contributed by atoms with van der Waals surface area (Å²) in [7, 11) is 0. The first-order valence-corrected chi connectivity index (χ1v) is 7.12. The molecule has 6 nitrogen and oxygen atoms in total.